The minimum absolute atomic E-state index is 0.117. The summed E-state index contributed by atoms with van der Waals surface area (Å²) in [4.78, 5) is 39.7. The van der Waals surface area contributed by atoms with Gasteiger partial charge in [-0.2, -0.15) is 0 Å². The molecule has 1 N–H and O–H groups in total. The van der Waals surface area contributed by atoms with Crippen LogP contribution in [0.25, 0.3) is 6.08 Å². The summed E-state index contributed by atoms with van der Waals surface area (Å²) in [5, 5.41) is 2.31. The number of nitrogens with one attached hydrogen (secondary N) is 1. The second kappa shape index (κ2) is 9.18. The molecular formula is C30H27BrN2O4. The summed E-state index contributed by atoms with van der Waals surface area (Å²) in [6, 6.07) is 12.2. The Morgan fingerprint density at radius 3 is 2.27 bits per heavy atom. The number of urea groups is 1. The molecule has 7 heteroatoms. The number of ether oxygens (including phenoxy) is 1. The number of hydrogen-bond acceptors (Lipinski definition) is 4. The van der Waals surface area contributed by atoms with Crippen molar-refractivity contribution in [3.05, 3.63) is 63.6 Å². The first kappa shape index (κ1) is 24.0. The van der Waals surface area contributed by atoms with Gasteiger partial charge in [-0.25, -0.2) is 9.69 Å². The molecule has 6 nitrogen and oxygen atoms in total. The summed E-state index contributed by atoms with van der Waals surface area (Å²) in [5.41, 5.74) is 2.47. The standard InChI is InChI=1S/C30H27BrN2O4/c1-2-9-37-26-8-3-18(14-25(26)31)13-24-27(34)32-29(36)33(28(24)35)23-6-4-22(5-7-23)30-15-19-10-20(16-30)12-21(11-19)17-30/h1,3-8,13-14,19-21H,9-12,15-17H2,(H,32,34,36)/b24-13+. The lowest BCUT2D eigenvalue weighted by atomic mass is 9.48. The molecule has 4 saturated carbocycles. The first-order chi connectivity index (χ1) is 17.8. The highest BCUT2D eigenvalue weighted by atomic mass is 79.9. The van der Waals surface area contributed by atoms with E-state index < -0.39 is 17.8 Å². The summed E-state index contributed by atoms with van der Waals surface area (Å²) in [5.74, 6) is 4.07. The van der Waals surface area contributed by atoms with Crippen LogP contribution in [0.2, 0.25) is 0 Å². The highest BCUT2D eigenvalue weighted by Gasteiger charge is 2.51. The van der Waals surface area contributed by atoms with E-state index >= 15 is 0 Å². The van der Waals surface area contributed by atoms with E-state index in [9.17, 15) is 14.4 Å². The van der Waals surface area contributed by atoms with Gasteiger partial charge >= 0.3 is 6.03 Å². The van der Waals surface area contributed by atoms with Crippen molar-refractivity contribution in [3.63, 3.8) is 0 Å². The normalized spacial score (nSPS) is 29.4. The van der Waals surface area contributed by atoms with Crippen LogP contribution in [0.5, 0.6) is 5.75 Å². The zero-order valence-corrected chi connectivity index (χ0v) is 21.9. The van der Waals surface area contributed by atoms with Crippen LogP contribution in [0.15, 0.2) is 52.5 Å². The van der Waals surface area contributed by atoms with Gasteiger partial charge in [0.25, 0.3) is 11.8 Å². The number of amides is 4. The predicted octanol–water partition coefficient (Wildman–Crippen LogP) is 5.60. The van der Waals surface area contributed by atoms with Crippen LogP contribution >= 0.6 is 15.9 Å². The summed E-state index contributed by atoms with van der Waals surface area (Å²) in [6.07, 6.45) is 14.6. The molecule has 0 radical (unpaired) electrons. The van der Waals surface area contributed by atoms with Gasteiger partial charge in [0, 0.05) is 0 Å². The molecule has 0 aromatic heterocycles. The molecular weight excluding hydrogens is 532 g/mol. The quantitative estimate of drug-likeness (QED) is 0.294. The van der Waals surface area contributed by atoms with Gasteiger partial charge in [-0.3, -0.25) is 14.9 Å². The maximum absolute atomic E-state index is 13.4. The van der Waals surface area contributed by atoms with E-state index in [0.717, 1.165) is 22.7 Å². The number of imide groups is 2. The Labute approximate surface area is 224 Å². The molecule has 5 fully saturated rings. The molecule has 5 aliphatic rings. The van der Waals surface area contributed by atoms with Crippen molar-refractivity contribution in [2.45, 2.75) is 43.9 Å². The first-order valence-electron chi connectivity index (χ1n) is 12.7. The largest absolute Gasteiger partial charge is 0.480 e. The summed E-state index contributed by atoms with van der Waals surface area (Å²) >= 11 is 3.42. The van der Waals surface area contributed by atoms with Gasteiger partial charge in [0.1, 0.15) is 17.9 Å². The van der Waals surface area contributed by atoms with Crippen molar-refractivity contribution in [1.29, 1.82) is 0 Å². The van der Waals surface area contributed by atoms with E-state index in [1.807, 2.05) is 12.1 Å². The molecule has 37 heavy (non-hydrogen) atoms. The first-order valence-corrected chi connectivity index (χ1v) is 13.5. The molecule has 4 bridgehead atoms. The number of hydrogen-bond donors (Lipinski definition) is 1. The monoisotopic (exact) mass is 558 g/mol. The number of halogens is 1. The van der Waals surface area contributed by atoms with Gasteiger partial charge in [-0.05, 0) is 119 Å². The maximum atomic E-state index is 13.4. The Balaban J connectivity index is 1.26. The summed E-state index contributed by atoms with van der Waals surface area (Å²) in [7, 11) is 0. The smallest absolute Gasteiger partial charge is 0.335 e. The summed E-state index contributed by atoms with van der Waals surface area (Å²) in [6.45, 7) is 0.124. The zero-order valence-electron chi connectivity index (χ0n) is 20.3. The third-order valence-electron chi connectivity index (χ3n) is 8.46. The highest BCUT2D eigenvalue weighted by Crippen LogP contribution is 2.60. The van der Waals surface area contributed by atoms with Crippen LogP contribution in [0, 0.1) is 30.1 Å². The fourth-order valence-corrected chi connectivity index (χ4v) is 7.84. The van der Waals surface area contributed by atoms with E-state index in [1.54, 1.807) is 18.2 Å². The van der Waals surface area contributed by atoms with Gasteiger partial charge < -0.3 is 4.74 Å². The number of carbonyl (C=O) groups excluding carboxylic acids is 3. The Kier molecular flexibility index (Phi) is 5.95. The number of barbiturate groups is 1. The van der Waals surface area contributed by atoms with E-state index in [0.29, 0.717) is 21.5 Å². The molecule has 188 valence electrons. The molecule has 1 heterocycles. The van der Waals surface area contributed by atoms with Crippen LogP contribution in [-0.2, 0) is 15.0 Å². The second-order valence-corrected chi connectivity index (χ2v) is 11.7. The second-order valence-electron chi connectivity index (χ2n) is 10.9. The number of rotatable bonds is 5. The van der Waals surface area contributed by atoms with Gasteiger partial charge in [-0.1, -0.05) is 24.1 Å². The van der Waals surface area contributed by atoms with Gasteiger partial charge in [-0.15, -0.1) is 6.42 Å². The van der Waals surface area contributed by atoms with Crippen LogP contribution in [0.4, 0.5) is 10.5 Å². The van der Waals surface area contributed by atoms with Crippen molar-refractivity contribution in [3.8, 4) is 18.1 Å². The number of carbonyl (C=O) groups is 3. The average Bonchev–Trinajstić information content (AvgIpc) is 2.85. The molecule has 0 spiro atoms. The van der Waals surface area contributed by atoms with Gasteiger partial charge in [0.2, 0.25) is 0 Å². The van der Waals surface area contributed by atoms with Gasteiger partial charge in [0.15, 0.2) is 0 Å². The number of nitrogens with zero attached hydrogens (tertiary/aromatic N) is 1. The van der Waals surface area contributed by atoms with Crippen LogP contribution in [-0.4, -0.2) is 24.5 Å². The topological polar surface area (TPSA) is 75.7 Å². The average molecular weight is 559 g/mol. The molecule has 4 aliphatic carbocycles. The molecule has 0 unspecified atom stereocenters. The molecule has 7 rings (SSSR count). The number of benzene rings is 2. The minimum atomic E-state index is -0.742. The Morgan fingerprint density at radius 2 is 1.68 bits per heavy atom. The van der Waals surface area contributed by atoms with Crippen molar-refractivity contribution < 1.29 is 19.1 Å². The zero-order chi connectivity index (χ0) is 25.7. The summed E-state index contributed by atoms with van der Waals surface area (Å²) < 4.78 is 6.08. The number of terminal acetylenes is 1. The maximum Gasteiger partial charge on any atom is 0.335 e. The van der Waals surface area contributed by atoms with Crippen molar-refractivity contribution in [2.24, 2.45) is 17.8 Å². The van der Waals surface area contributed by atoms with E-state index in [1.165, 1.54) is 50.2 Å². The fraction of sp³-hybridized carbons (Fsp3) is 0.367. The third kappa shape index (κ3) is 4.27. The van der Waals surface area contributed by atoms with Crippen LogP contribution in [0.3, 0.4) is 0 Å². The third-order valence-corrected chi connectivity index (χ3v) is 9.08. The van der Waals surface area contributed by atoms with Crippen molar-refractivity contribution in [1.82, 2.24) is 5.32 Å². The lowest BCUT2D eigenvalue weighted by Gasteiger charge is -2.57. The molecule has 4 amide bonds. The SMILES string of the molecule is C#CCOc1ccc(/C=C2\C(=O)NC(=O)N(c3ccc(C45CC6CC(CC(C6)C4)C5)cc3)C2=O)cc1Br. The Morgan fingerprint density at radius 1 is 1.03 bits per heavy atom. The highest BCUT2D eigenvalue weighted by molar-refractivity contribution is 9.10. The van der Waals surface area contributed by atoms with E-state index in [-0.39, 0.29) is 17.6 Å². The van der Waals surface area contributed by atoms with Crippen LogP contribution in [0.1, 0.15) is 49.7 Å². The molecule has 2 aromatic carbocycles. The Bertz CT molecular complexity index is 1340. The van der Waals surface area contributed by atoms with Crippen LogP contribution < -0.4 is 15.0 Å². The van der Waals surface area contributed by atoms with Gasteiger partial charge in [0.05, 0.1) is 10.2 Å². The van der Waals surface area contributed by atoms with E-state index in [2.05, 4.69) is 39.3 Å². The molecule has 1 aliphatic heterocycles. The lowest BCUT2D eigenvalue weighted by Crippen LogP contribution is -2.54. The molecule has 0 atom stereocenters. The predicted molar refractivity (Wildman–Crippen MR) is 144 cm³/mol. The van der Waals surface area contributed by atoms with E-state index in [4.69, 9.17) is 11.2 Å². The lowest BCUT2D eigenvalue weighted by molar-refractivity contribution is -0.122. The Hall–Kier alpha value is -3.37. The molecule has 2 aromatic rings. The fourth-order valence-electron chi connectivity index (χ4n) is 7.33. The van der Waals surface area contributed by atoms with Crippen molar-refractivity contribution >= 4 is 45.5 Å². The number of anilines is 1. The van der Waals surface area contributed by atoms with Crippen molar-refractivity contribution in [2.75, 3.05) is 11.5 Å². The minimum Gasteiger partial charge on any atom is -0.480 e. The molecule has 1 saturated heterocycles.